The summed E-state index contributed by atoms with van der Waals surface area (Å²) in [5.74, 6) is 0.626. The van der Waals surface area contributed by atoms with Crippen LogP contribution in [0.4, 0.5) is 0 Å². The van der Waals surface area contributed by atoms with E-state index in [9.17, 15) is 0 Å². The molecule has 0 aromatic heterocycles. The van der Waals surface area contributed by atoms with Gasteiger partial charge in [0.25, 0.3) is 0 Å². The molecule has 1 aliphatic rings. The lowest BCUT2D eigenvalue weighted by atomic mass is 10.1. The van der Waals surface area contributed by atoms with Crippen LogP contribution in [0.3, 0.4) is 0 Å². The molecule has 0 saturated heterocycles. The Morgan fingerprint density at radius 1 is 1.50 bits per heavy atom. The highest BCUT2D eigenvalue weighted by atomic mass is 35.5. The molecule has 0 heterocycles. The Morgan fingerprint density at radius 2 is 2.25 bits per heavy atom. The summed E-state index contributed by atoms with van der Waals surface area (Å²) in [6.07, 6.45) is 9.06. The van der Waals surface area contributed by atoms with Gasteiger partial charge in [-0.05, 0) is 18.9 Å². The van der Waals surface area contributed by atoms with Crippen LogP contribution in [0.5, 0.6) is 0 Å². The van der Waals surface area contributed by atoms with Gasteiger partial charge in [0.15, 0.2) is 5.76 Å². The molecule has 1 rings (SSSR count). The first-order valence-electron chi connectivity index (χ1n) is 3.73. The van der Waals surface area contributed by atoms with E-state index in [1.165, 1.54) is 0 Å². The lowest BCUT2D eigenvalue weighted by molar-refractivity contribution is 0.476. The Balaban J connectivity index is 2.73. The summed E-state index contributed by atoms with van der Waals surface area (Å²) in [5, 5.41) is 0. The van der Waals surface area contributed by atoms with Crippen molar-refractivity contribution < 1.29 is 4.29 Å². The third kappa shape index (κ3) is 2.24. The molecule has 2 nitrogen and oxygen atoms in total. The van der Waals surface area contributed by atoms with Crippen LogP contribution in [0.1, 0.15) is 12.8 Å². The van der Waals surface area contributed by atoms with Crippen molar-refractivity contribution in [2.24, 2.45) is 4.99 Å². The van der Waals surface area contributed by atoms with Gasteiger partial charge in [0.05, 0.1) is 0 Å². The lowest BCUT2D eigenvalue weighted by Crippen LogP contribution is -1.92. The third-order valence-corrected chi connectivity index (χ3v) is 1.65. The van der Waals surface area contributed by atoms with E-state index in [0.29, 0.717) is 5.76 Å². The zero-order valence-corrected chi connectivity index (χ0v) is 7.42. The highest BCUT2D eigenvalue weighted by Crippen LogP contribution is 2.21. The zero-order chi connectivity index (χ0) is 8.81. The second-order valence-electron chi connectivity index (χ2n) is 2.33. The van der Waals surface area contributed by atoms with Gasteiger partial charge >= 0.3 is 0 Å². The van der Waals surface area contributed by atoms with Gasteiger partial charge in [-0.25, -0.2) is 0 Å². The van der Waals surface area contributed by atoms with E-state index in [4.69, 9.17) is 11.9 Å². The van der Waals surface area contributed by atoms with E-state index < -0.39 is 0 Å². The normalized spacial score (nSPS) is 17.1. The summed E-state index contributed by atoms with van der Waals surface area (Å²) in [6.45, 7) is 3.53. The van der Waals surface area contributed by atoms with E-state index >= 15 is 0 Å². The average Bonchev–Trinajstić information content (AvgIpc) is 2.15. The van der Waals surface area contributed by atoms with E-state index in [2.05, 4.69) is 15.9 Å². The molecule has 0 atom stereocenters. The summed E-state index contributed by atoms with van der Waals surface area (Å²) >= 11 is 5.25. The fourth-order valence-corrected chi connectivity index (χ4v) is 1.10. The molecular formula is C9H10ClNO. The van der Waals surface area contributed by atoms with Crippen molar-refractivity contribution in [2.75, 3.05) is 0 Å². The summed E-state index contributed by atoms with van der Waals surface area (Å²) in [4.78, 5) is 4.09. The number of aliphatic imine (C=N–C) groups is 1. The summed E-state index contributed by atoms with van der Waals surface area (Å²) in [7, 11) is 0. The van der Waals surface area contributed by atoms with E-state index in [-0.39, 0.29) is 0 Å². The molecule has 0 spiro atoms. The maximum atomic E-state index is 5.25. The lowest BCUT2D eigenvalue weighted by Gasteiger charge is -2.07. The number of rotatable bonds is 3. The minimum absolute atomic E-state index is 0.626. The van der Waals surface area contributed by atoms with Crippen molar-refractivity contribution in [3.8, 4) is 0 Å². The molecule has 0 amide bonds. The molecule has 0 saturated carbocycles. The molecule has 12 heavy (non-hydrogen) atoms. The van der Waals surface area contributed by atoms with Crippen LogP contribution in [0, 0.1) is 0 Å². The maximum Gasteiger partial charge on any atom is 0.167 e. The van der Waals surface area contributed by atoms with Crippen LogP contribution in [-0.4, -0.2) is 6.21 Å². The van der Waals surface area contributed by atoms with Gasteiger partial charge in [-0.3, -0.25) is 4.99 Å². The number of nitrogens with zero attached hydrogens (tertiary/aromatic N) is 1. The summed E-state index contributed by atoms with van der Waals surface area (Å²) < 4.78 is 4.62. The van der Waals surface area contributed by atoms with Crippen molar-refractivity contribution in [1.82, 2.24) is 0 Å². The number of hydrogen-bond acceptors (Lipinski definition) is 2. The molecule has 0 fully saturated rings. The Hall–Kier alpha value is -1.02. The first-order chi connectivity index (χ1) is 5.88. The molecule has 1 aliphatic carbocycles. The van der Waals surface area contributed by atoms with Crippen LogP contribution < -0.4 is 0 Å². The second kappa shape index (κ2) is 4.78. The van der Waals surface area contributed by atoms with Crippen molar-refractivity contribution in [1.29, 1.82) is 0 Å². The number of halogens is 1. The molecule has 64 valence electrons. The van der Waals surface area contributed by atoms with Crippen molar-refractivity contribution in [3.05, 3.63) is 36.3 Å². The fourth-order valence-electron chi connectivity index (χ4n) is 0.960. The van der Waals surface area contributed by atoms with Crippen LogP contribution in [0.2, 0.25) is 0 Å². The molecule has 0 aliphatic heterocycles. The van der Waals surface area contributed by atoms with Gasteiger partial charge in [0.2, 0.25) is 0 Å². The Morgan fingerprint density at radius 3 is 2.92 bits per heavy atom. The fraction of sp³-hybridized carbons (Fsp3) is 0.222. The van der Waals surface area contributed by atoms with Gasteiger partial charge in [0.1, 0.15) is 17.6 Å². The summed E-state index contributed by atoms with van der Waals surface area (Å²) in [6, 6.07) is 0. The molecule has 0 bridgehead atoms. The van der Waals surface area contributed by atoms with Gasteiger partial charge in [-0.15, -0.1) is 0 Å². The minimum atomic E-state index is 0.626. The molecule has 0 radical (unpaired) electrons. The monoisotopic (exact) mass is 183 g/mol. The smallest absolute Gasteiger partial charge is 0.167 e. The van der Waals surface area contributed by atoms with E-state index in [1.54, 1.807) is 12.3 Å². The zero-order valence-electron chi connectivity index (χ0n) is 6.66. The third-order valence-electron chi connectivity index (χ3n) is 1.49. The largest absolute Gasteiger partial charge is 0.384 e. The van der Waals surface area contributed by atoms with Gasteiger partial charge in [-0.1, -0.05) is 18.7 Å². The Labute approximate surface area is 77.1 Å². The molecule has 0 aromatic carbocycles. The van der Waals surface area contributed by atoms with Gasteiger partial charge in [0, 0.05) is 6.21 Å². The van der Waals surface area contributed by atoms with Crippen LogP contribution >= 0.6 is 11.9 Å². The molecule has 0 N–H and O–H groups in total. The standard InChI is InChI=1S/C9H10ClNO/c1-2-7-11-8-5-3-4-6-9(8)12-10/h2,5-7H,1,3-4H2/b11-7-. The first-order valence-corrected chi connectivity index (χ1v) is 4.03. The predicted molar refractivity (Wildman–Crippen MR) is 51.0 cm³/mol. The van der Waals surface area contributed by atoms with E-state index in [1.807, 2.05) is 12.2 Å². The van der Waals surface area contributed by atoms with Gasteiger partial charge in [-0.2, -0.15) is 0 Å². The topological polar surface area (TPSA) is 21.6 Å². The first kappa shape index (κ1) is 9.07. The van der Waals surface area contributed by atoms with Crippen molar-refractivity contribution in [3.63, 3.8) is 0 Å². The number of allylic oxidation sites excluding steroid dienone is 3. The van der Waals surface area contributed by atoms with Crippen molar-refractivity contribution in [2.45, 2.75) is 12.8 Å². The molecule has 3 heteroatoms. The Kier molecular flexibility index (Phi) is 3.61. The minimum Gasteiger partial charge on any atom is -0.384 e. The quantitative estimate of drug-likeness (QED) is 0.617. The van der Waals surface area contributed by atoms with Crippen LogP contribution in [-0.2, 0) is 4.29 Å². The van der Waals surface area contributed by atoms with Crippen LogP contribution in [0.15, 0.2) is 41.3 Å². The molecular weight excluding hydrogens is 174 g/mol. The second-order valence-corrected chi connectivity index (χ2v) is 2.48. The van der Waals surface area contributed by atoms with Gasteiger partial charge < -0.3 is 4.29 Å². The molecule has 0 unspecified atom stereocenters. The highest BCUT2D eigenvalue weighted by Gasteiger charge is 2.07. The summed E-state index contributed by atoms with van der Waals surface area (Å²) in [5.41, 5.74) is 0.774. The van der Waals surface area contributed by atoms with Crippen molar-refractivity contribution >= 4 is 18.1 Å². The predicted octanol–water partition coefficient (Wildman–Crippen LogP) is 2.98. The maximum absolute atomic E-state index is 5.25. The highest BCUT2D eigenvalue weighted by molar-refractivity contribution is 6.08. The number of hydrogen-bond donors (Lipinski definition) is 0. The Bertz CT molecular complexity index is 253. The molecule has 0 aromatic rings. The van der Waals surface area contributed by atoms with Crippen LogP contribution in [0.25, 0.3) is 0 Å². The van der Waals surface area contributed by atoms with E-state index in [0.717, 1.165) is 18.5 Å². The SMILES string of the molecule is C=C/C=N\C1=CCCC=C1OCl. The average molecular weight is 184 g/mol.